The standard InChI is InChI=1S/C11H10FNO3/c1-16-11(15)8-4-2-7(6-9(8)12)3-5-10(13)14/h2-6H,1H3,(H2,13,14). The van der Waals surface area contributed by atoms with Gasteiger partial charge in [-0.25, -0.2) is 9.18 Å². The number of carbonyl (C=O) groups is 2. The highest BCUT2D eigenvalue weighted by atomic mass is 19.1. The number of hydrogen-bond donors (Lipinski definition) is 1. The van der Waals surface area contributed by atoms with Crippen LogP contribution in [0.25, 0.3) is 6.08 Å². The molecule has 2 N–H and O–H groups in total. The van der Waals surface area contributed by atoms with Crippen molar-refractivity contribution in [3.63, 3.8) is 0 Å². The minimum atomic E-state index is -0.747. The van der Waals surface area contributed by atoms with E-state index in [1.165, 1.54) is 25.3 Å². The summed E-state index contributed by atoms with van der Waals surface area (Å²) in [6, 6.07) is 3.88. The van der Waals surface area contributed by atoms with Crippen LogP contribution in [-0.4, -0.2) is 19.0 Å². The van der Waals surface area contributed by atoms with Crippen molar-refractivity contribution >= 4 is 18.0 Å². The molecule has 0 aliphatic rings. The summed E-state index contributed by atoms with van der Waals surface area (Å²) in [6.07, 6.45) is 2.46. The Morgan fingerprint density at radius 1 is 1.44 bits per heavy atom. The lowest BCUT2D eigenvalue weighted by Gasteiger charge is -2.01. The Balaban J connectivity index is 2.99. The average Bonchev–Trinajstić information content (AvgIpc) is 2.25. The summed E-state index contributed by atoms with van der Waals surface area (Å²) in [5.41, 5.74) is 5.16. The molecular weight excluding hydrogens is 213 g/mol. The Bertz CT molecular complexity index is 455. The summed E-state index contributed by atoms with van der Waals surface area (Å²) >= 11 is 0. The molecule has 0 saturated carbocycles. The van der Waals surface area contributed by atoms with E-state index in [0.717, 1.165) is 12.1 Å². The number of esters is 1. The van der Waals surface area contributed by atoms with Gasteiger partial charge in [0.25, 0.3) is 0 Å². The van der Waals surface area contributed by atoms with Gasteiger partial charge in [0, 0.05) is 6.08 Å². The van der Waals surface area contributed by atoms with Gasteiger partial charge in [-0.2, -0.15) is 0 Å². The molecule has 0 aliphatic carbocycles. The van der Waals surface area contributed by atoms with Crippen molar-refractivity contribution in [2.75, 3.05) is 7.11 Å². The van der Waals surface area contributed by atoms with E-state index in [1.807, 2.05) is 0 Å². The molecule has 1 amide bonds. The minimum Gasteiger partial charge on any atom is -0.465 e. The van der Waals surface area contributed by atoms with Crippen LogP contribution in [0.2, 0.25) is 0 Å². The molecule has 1 aromatic rings. The molecule has 4 nitrogen and oxygen atoms in total. The highest BCUT2D eigenvalue weighted by Crippen LogP contribution is 2.12. The molecule has 16 heavy (non-hydrogen) atoms. The van der Waals surface area contributed by atoms with Crippen molar-refractivity contribution in [3.8, 4) is 0 Å². The minimum absolute atomic E-state index is 0.154. The lowest BCUT2D eigenvalue weighted by molar-refractivity contribution is -0.113. The molecule has 0 aliphatic heterocycles. The van der Waals surface area contributed by atoms with E-state index in [2.05, 4.69) is 4.74 Å². The number of amides is 1. The molecule has 0 spiro atoms. The fourth-order valence-electron chi connectivity index (χ4n) is 1.09. The van der Waals surface area contributed by atoms with Crippen LogP contribution in [0.3, 0.4) is 0 Å². The topological polar surface area (TPSA) is 69.4 Å². The molecule has 0 unspecified atom stereocenters. The Morgan fingerprint density at radius 3 is 2.62 bits per heavy atom. The quantitative estimate of drug-likeness (QED) is 0.616. The second kappa shape index (κ2) is 5.06. The number of hydrogen-bond acceptors (Lipinski definition) is 3. The number of rotatable bonds is 3. The summed E-state index contributed by atoms with van der Waals surface area (Å²) in [4.78, 5) is 21.5. The van der Waals surface area contributed by atoms with Gasteiger partial charge in [0.2, 0.25) is 5.91 Å². The second-order valence-electron chi connectivity index (χ2n) is 2.97. The third-order valence-corrected chi connectivity index (χ3v) is 1.84. The smallest absolute Gasteiger partial charge is 0.340 e. The number of nitrogens with two attached hydrogens (primary N) is 1. The van der Waals surface area contributed by atoms with Crippen LogP contribution in [0.15, 0.2) is 24.3 Å². The van der Waals surface area contributed by atoms with Gasteiger partial charge < -0.3 is 10.5 Å². The molecule has 0 heterocycles. The summed E-state index contributed by atoms with van der Waals surface area (Å²) in [5, 5.41) is 0. The van der Waals surface area contributed by atoms with E-state index >= 15 is 0 Å². The highest BCUT2D eigenvalue weighted by molar-refractivity contribution is 5.91. The van der Waals surface area contributed by atoms with Crippen molar-refractivity contribution in [1.82, 2.24) is 0 Å². The summed E-state index contributed by atoms with van der Waals surface area (Å²) in [7, 11) is 1.17. The van der Waals surface area contributed by atoms with Gasteiger partial charge in [0.15, 0.2) is 0 Å². The molecule has 1 rings (SSSR count). The number of benzene rings is 1. The third kappa shape index (κ3) is 2.91. The first-order valence-electron chi connectivity index (χ1n) is 4.40. The van der Waals surface area contributed by atoms with Crippen LogP contribution in [0.4, 0.5) is 4.39 Å². The molecule has 0 atom stereocenters. The monoisotopic (exact) mass is 223 g/mol. The van der Waals surface area contributed by atoms with Gasteiger partial charge in [0.1, 0.15) is 5.82 Å². The van der Waals surface area contributed by atoms with Gasteiger partial charge in [-0.1, -0.05) is 6.07 Å². The van der Waals surface area contributed by atoms with E-state index in [-0.39, 0.29) is 5.56 Å². The van der Waals surface area contributed by atoms with E-state index in [4.69, 9.17) is 5.73 Å². The predicted molar refractivity (Wildman–Crippen MR) is 56.0 cm³/mol. The fraction of sp³-hybridized carbons (Fsp3) is 0.0909. The van der Waals surface area contributed by atoms with Crippen molar-refractivity contribution in [3.05, 3.63) is 41.2 Å². The van der Waals surface area contributed by atoms with E-state index in [1.54, 1.807) is 0 Å². The van der Waals surface area contributed by atoms with Gasteiger partial charge in [-0.3, -0.25) is 4.79 Å². The van der Waals surface area contributed by atoms with Crippen LogP contribution in [0, 0.1) is 5.82 Å². The molecule has 0 radical (unpaired) electrons. The van der Waals surface area contributed by atoms with Crippen LogP contribution in [-0.2, 0) is 9.53 Å². The number of methoxy groups -OCH3 is 1. The lowest BCUT2D eigenvalue weighted by atomic mass is 10.1. The normalized spacial score (nSPS) is 10.4. The van der Waals surface area contributed by atoms with Gasteiger partial charge in [-0.15, -0.1) is 0 Å². The summed E-state index contributed by atoms with van der Waals surface area (Å²) in [6.45, 7) is 0. The molecule has 0 saturated heterocycles. The van der Waals surface area contributed by atoms with Gasteiger partial charge in [0.05, 0.1) is 12.7 Å². The Kier molecular flexibility index (Phi) is 3.77. The Hall–Kier alpha value is -2.17. The number of halogens is 1. The van der Waals surface area contributed by atoms with Crippen LogP contribution in [0.1, 0.15) is 15.9 Å². The maximum Gasteiger partial charge on any atom is 0.340 e. The molecule has 1 aromatic carbocycles. The van der Waals surface area contributed by atoms with Crippen LogP contribution in [0.5, 0.6) is 0 Å². The maximum absolute atomic E-state index is 13.4. The Morgan fingerprint density at radius 2 is 2.12 bits per heavy atom. The van der Waals surface area contributed by atoms with Gasteiger partial charge >= 0.3 is 5.97 Å². The van der Waals surface area contributed by atoms with Crippen molar-refractivity contribution < 1.29 is 18.7 Å². The van der Waals surface area contributed by atoms with Crippen molar-refractivity contribution in [2.45, 2.75) is 0 Å². The Labute approximate surface area is 91.5 Å². The molecule has 84 valence electrons. The molecule has 0 fully saturated rings. The number of ether oxygens (including phenoxy) is 1. The summed E-state index contributed by atoms with van der Waals surface area (Å²) < 4.78 is 17.7. The SMILES string of the molecule is COC(=O)c1ccc(C=CC(N)=O)cc1F. The molecule has 5 heteroatoms. The highest BCUT2D eigenvalue weighted by Gasteiger charge is 2.11. The first kappa shape index (κ1) is 11.9. The zero-order chi connectivity index (χ0) is 12.1. The van der Waals surface area contributed by atoms with Crippen LogP contribution < -0.4 is 5.73 Å². The largest absolute Gasteiger partial charge is 0.465 e. The molecule has 0 bridgehead atoms. The fourth-order valence-corrected chi connectivity index (χ4v) is 1.09. The van der Waals surface area contributed by atoms with Crippen molar-refractivity contribution in [1.29, 1.82) is 0 Å². The zero-order valence-electron chi connectivity index (χ0n) is 8.57. The van der Waals surface area contributed by atoms with Crippen LogP contribution >= 0.6 is 0 Å². The maximum atomic E-state index is 13.4. The summed E-state index contributed by atoms with van der Waals surface area (Å²) in [5.74, 6) is -2.08. The second-order valence-corrected chi connectivity index (χ2v) is 2.97. The molecule has 0 aromatic heterocycles. The van der Waals surface area contributed by atoms with E-state index in [0.29, 0.717) is 5.56 Å². The van der Waals surface area contributed by atoms with Gasteiger partial charge in [-0.05, 0) is 23.8 Å². The van der Waals surface area contributed by atoms with E-state index in [9.17, 15) is 14.0 Å². The molecular formula is C11H10FNO3. The van der Waals surface area contributed by atoms with Crippen molar-refractivity contribution in [2.24, 2.45) is 5.73 Å². The average molecular weight is 223 g/mol. The zero-order valence-corrected chi connectivity index (χ0v) is 8.57. The third-order valence-electron chi connectivity index (χ3n) is 1.84. The first-order chi connectivity index (χ1) is 7.54. The lowest BCUT2D eigenvalue weighted by Crippen LogP contribution is -2.06. The number of primary amides is 1. The predicted octanol–water partition coefficient (Wildman–Crippen LogP) is 1.11. The first-order valence-corrected chi connectivity index (χ1v) is 4.40. The van der Waals surface area contributed by atoms with E-state index < -0.39 is 17.7 Å². The number of carbonyl (C=O) groups excluding carboxylic acids is 2.